The van der Waals surface area contributed by atoms with Crippen LogP contribution < -0.4 is 11.3 Å². The van der Waals surface area contributed by atoms with Gasteiger partial charge in [0.2, 0.25) is 0 Å². The summed E-state index contributed by atoms with van der Waals surface area (Å²) in [5.41, 5.74) is 6.40. The Kier molecular flexibility index (Phi) is 3.55. The van der Waals surface area contributed by atoms with E-state index >= 15 is 0 Å². The quantitative estimate of drug-likeness (QED) is 0.636. The van der Waals surface area contributed by atoms with Gasteiger partial charge in [-0.2, -0.15) is 0 Å². The lowest BCUT2D eigenvalue weighted by Crippen LogP contribution is -2.11. The first-order valence-electron chi connectivity index (χ1n) is 5.20. The maximum Gasteiger partial charge on any atom is 0.275 e. The number of benzene rings is 1. The highest BCUT2D eigenvalue weighted by molar-refractivity contribution is 5.89. The fraction of sp³-hybridized carbons (Fsp3) is 0.250. The van der Waals surface area contributed by atoms with Gasteiger partial charge in [-0.3, -0.25) is 4.79 Å². The van der Waals surface area contributed by atoms with Crippen LogP contribution in [0.25, 0.3) is 10.9 Å². The number of pyridine rings is 1. The molecule has 0 aliphatic rings. The Morgan fingerprint density at radius 3 is 2.56 bits per heavy atom. The molecule has 4 heteroatoms. The minimum Gasteiger partial charge on any atom is -0.505 e. The Morgan fingerprint density at radius 1 is 1.31 bits per heavy atom. The van der Waals surface area contributed by atoms with Gasteiger partial charge in [0.25, 0.3) is 5.56 Å². The van der Waals surface area contributed by atoms with Crippen LogP contribution >= 0.6 is 0 Å². The first-order valence-corrected chi connectivity index (χ1v) is 5.20. The number of anilines is 1. The Morgan fingerprint density at radius 2 is 1.94 bits per heavy atom. The third-order valence-corrected chi connectivity index (χ3v) is 2.18. The van der Waals surface area contributed by atoms with Gasteiger partial charge in [0.1, 0.15) is 5.69 Å². The molecule has 4 N–H and O–H groups in total. The van der Waals surface area contributed by atoms with Gasteiger partial charge in [-0.25, -0.2) is 0 Å². The van der Waals surface area contributed by atoms with Gasteiger partial charge in [-0.05, 0) is 19.1 Å². The van der Waals surface area contributed by atoms with E-state index in [-0.39, 0.29) is 11.4 Å². The van der Waals surface area contributed by atoms with Crippen molar-refractivity contribution in [3.63, 3.8) is 0 Å². The number of aromatic hydroxyl groups is 1. The zero-order valence-electron chi connectivity index (χ0n) is 9.66. The number of hydrogen-bond acceptors (Lipinski definition) is 3. The van der Waals surface area contributed by atoms with Crippen LogP contribution in [0.4, 0.5) is 5.69 Å². The molecule has 0 amide bonds. The number of aryl methyl sites for hydroxylation is 1. The highest BCUT2D eigenvalue weighted by Crippen LogP contribution is 2.26. The van der Waals surface area contributed by atoms with Crippen molar-refractivity contribution in [3.8, 4) is 5.75 Å². The number of nitrogens with two attached hydrogens (primary N) is 1. The van der Waals surface area contributed by atoms with E-state index < -0.39 is 5.56 Å². The van der Waals surface area contributed by atoms with E-state index in [4.69, 9.17) is 5.73 Å². The van der Waals surface area contributed by atoms with Crippen molar-refractivity contribution in [2.45, 2.75) is 20.8 Å². The summed E-state index contributed by atoms with van der Waals surface area (Å²) in [5, 5.41) is 10.2. The normalized spacial score (nSPS) is 9.69. The van der Waals surface area contributed by atoms with E-state index in [1.165, 1.54) is 0 Å². The predicted octanol–water partition coefficient (Wildman–Crippen LogP) is 2.15. The largest absolute Gasteiger partial charge is 0.505 e. The number of H-pyrrole nitrogens is 1. The molecule has 0 spiro atoms. The predicted molar refractivity (Wildman–Crippen MR) is 66.7 cm³/mol. The van der Waals surface area contributed by atoms with E-state index in [2.05, 4.69) is 4.98 Å². The third-order valence-electron chi connectivity index (χ3n) is 2.18. The average Bonchev–Trinajstić information content (AvgIpc) is 2.30. The Balaban J connectivity index is 0.000000606. The van der Waals surface area contributed by atoms with Gasteiger partial charge in [0, 0.05) is 5.39 Å². The summed E-state index contributed by atoms with van der Waals surface area (Å²) < 4.78 is 0. The summed E-state index contributed by atoms with van der Waals surface area (Å²) in [6.07, 6.45) is 0. The van der Waals surface area contributed by atoms with Crippen LogP contribution in [0.2, 0.25) is 0 Å². The fourth-order valence-corrected chi connectivity index (χ4v) is 1.41. The van der Waals surface area contributed by atoms with Crippen molar-refractivity contribution in [2.75, 3.05) is 5.73 Å². The highest BCUT2D eigenvalue weighted by Gasteiger charge is 2.07. The Hall–Kier alpha value is -1.97. The minimum absolute atomic E-state index is 0.136. The van der Waals surface area contributed by atoms with Gasteiger partial charge in [-0.1, -0.05) is 25.5 Å². The van der Waals surface area contributed by atoms with Crippen molar-refractivity contribution >= 4 is 16.6 Å². The van der Waals surface area contributed by atoms with Crippen LogP contribution in [0, 0.1) is 6.92 Å². The number of nitrogen functional groups attached to an aromatic ring is 1. The monoisotopic (exact) mass is 220 g/mol. The van der Waals surface area contributed by atoms with Crippen molar-refractivity contribution in [1.29, 1.82) is 0 Å². The molecule has 2 aromatic rings. The summed E-state index contributed by atoms with van der Waals surface area (Å²) in [6, 6.07) is 5.37. The van der Waals surface area contributed by atoms with Gasteiger partial charge in [0.05, 0.1) is 5.52 Å². The molecule has 1 aromatic heterocycles. The molecule has 0 radical (unpaired) electrons. The second kappa shape index (κ2) is 4.70. The number of aromatic nitrogens is 1. The summed E-state index contributed by atoms with van der Waals surface area (Å²) >= 11 is 0. The molecule has 4 nitrogen and oxygen atoms in total. The maximum absolute atomic E-state index is 11.2. The lowest BCUT2D eigenvalue weighted by atomic mass is 10.1. The molecule has 86 valence electrons. The average molecular weight is 220 g/mol. The van der Waals surface area contributed by atoms with Crippen molar-refractivity contribution < 1.29 is 5.11 Å². The van der Waals surface area contributed by atoms with Gasteiger partial charge < -0.3 is 15.8 Å². The molecule has 0 aliphatic heterocycles. The van der Waals surface area contributed by atoms with Crippen LogP contribution in [0.5, 0.6) is 5.75 Å². The number of aromatic amines is 1. The molecule has 1 heterocycles. The summed E-state index contributed by atoms with van der Waals surface area (Å²) in [5.74, 6) is -0.146. The number of hydrogen-bond donors (Lipinski definition) is 3. The molecule has 0 saturated carbocycles. The van der Waals surface area contributed by atoms with Crippen LogP contribution in [0.15, 0.2) is 23.0 Å². The van der Waals surface area contributed by atoms with E-state index in [0.29, 0.717) is 10.9 Å². The molecule has 0 bridgehead atoms. The fourth-order valence-electron chi connectivity index (χ4n) is 1.41. The Bertz CT molecular complexity index is 559. The van der Waals surface area contributed by atoms with Gasteiger partial charge in [0.15, 0.2) is 5.75 Å². The smallest absolute Gasteiger partial charge is 0.275 e. The van der Waals surface area contributed by atoms with Crippen LogP contribution in [0.1, 0.15) is 19.4 Å². The van der Waals surface area contributed by atoms with Gasteiger partial charge >= 0.3 is 0 Å². The van der Waals surface area contributed by atoms with Gasteiger partial charge in [-0.15, -0.1) is 0 Å². The summed E-state index contributed by atoms with van der Waals surface area (Å²) in [7, 11) is 0. The van der Waals surface area contributed by atoms with E-state index in [1.54, 1.807) is 12.1 Å². The molecule has 1 aromatic carbocycles. The van der Waals surface area contributed by atoms with E-state index in [1.807, 2.05) is 26.8 Å². The number of rotatable bonds is 0. The van der Waals surface area contributed by atoms with Crippen molar-refractivity contribution in [3.05, 3.63) is 34.1 Å². The van der Waals surface area contributed by atoms with Crippen molar-refractivity contribution in [1.82, 2.24) is 4.98 Å². The first kappa shape index (κ1) is 12.1. The zero-order chi connectivity index (χ0) is 12.3. The van der Waals surface area contributed by atoms with Crippen LogP contribution in [0.3, 0.4) is 0 Å². The molecule has 0 aliphatic carbocycles. The Labute approximate surface area is 93.7 Å². The standard InChI is InChI=1S/C10H10N2O2.C2H6/c1-5-2-3-7-6(4-5)9(13)8(11)10(14)12-7;1-2/h2-4H,11H2,1H3,(H2,12,13,14);1-2H3. The SMILES string of the molecule is CC.Cc1ccc2[nH]c(=O)c(N)c(O)c2c1. The lowest BCUT2D eigenvalue weighted by Gasteiger charge is -2.04. The number of nitrogens with one attached hydrogen (secondary N) is 1. The second-order valence-corrected chi connectivity index (χ2v) is 3.27. The van der Waals surface area contributed by atoms with E-state index in [0.717, 1.165) is 5.56 Å². The highest BCUT2D eigenvalue weighted by atomic mass is 16.3. The third kappa shape index (κ3) is 2.00. The molecule has 0 saturated heterocycles. The molecular weight excluding hydrogens is 204 g/mol. The maximum atomic E-state index is 11.2. The molecular formula is C12H16N2O2. The summed E-state index contributed by atoms with van der Waals surface area (Å²) in [6.45, 7) is 5.90. The molecule has 0 unspecified atom stereocenters. The lowest BCUT2D eigenvalue weighted by molar-refractivity contribution is 0.483. The molecule has 2 rings (SSSR count). The molecule has 0 atom stereocenters. The van der Waals surface area contributed by atoms with Crippen molar-refractivity contribution in [2.24, 2.45) is 0 Å². The second-order valence-electron chi connectivity index (χ2n) is 3.27. The van der Waals surface area contributed by atoms with Crippen LogP contribution in [-0.2, 0) is 0 Å². The first-order chi connectivity index (χ1) is 7.59. The van der Waals surface area contributed by atoms with Crippen LogP contribution in [-0.4, -0.2) is 10.1 Å². The number of fused-ring (bicyclic) bond motifs is 1. The zero-order valence-corrected chi connectivity index (χ0v) is 9.66. The summed E-state index contributed by atoms with van der Waals surface area (Å²) in [4.78, 5) is 13.8. The molecule has 0 fully saturated rings. The van der Waals surface area contributed by atoms with E-state index in [9.17, 15) is 9.90 Å². The minimum atomic E-state index is -0.459. The topological polar surface area (TPSA) is 79.1 Å². The molecule has 16 heavy (non-hydrogen) atoms.